The number of hydrogen-bond donors (Lipinski definition) is 2. The van der Waals surface area contributed by atoms with Gasteiger partial charge in [0.25, 0.3) is 5.91 Å². The van der Waals surface area contributed by atoms with Gasteiger partial charge < -0.3 is 19.8 Å². The third-order valence-electron chi connectivity index (χ3n) is 4.42. The van der Waals surface area contributed by atoms with Crippen molar-refractivity contribution in [1.82, 2.24) is 15.4 Å². The number of piperidine rings is 1. The normalized spacial score (nSPS) is 21.2. The summed E-state index contributed by atoms with van der Waals surface area (Å²) in [6.07, 6.45) is 3.66. The van der Waals surface area contributed by atoms with Crippen LogP contribution in [0, 0.1) is 0 Å². The Balaban J connectivity index is 1.53. The molecule has 1 aliphatic heterocycles. The van der Waals surface area contributed by atoms with E-state index in [1.807, 2.05) is 18.2 Å². The van der Waals surface area contributed by atoms with E-state index in [2.05, 4.69) is 22.6 Å². The lowest BCUT2D eigenvalue weighted by Gasteiger charge is -2.38. The highest BCUT2D eigenvalue weighted by molar-refractivity contribution is 5.86. The minimum absolute atomic E-state index is 0.185. The predicted molar refractivity (Wildman–Crippen MR) is 89.1 cm³/mol. The second kappa shape index (κ2) is 7.59. The van der Waals surface area contributed by atoms with Gasteiger partial charge in [0, 0.05) is 25.7 Å². The van der Waals surface area contributed by atoms with Gasteiger partial charge in [-0.25, -0.2) is 0 Å². The number of carbonyl (C=O) groups excluding carboxylic acids is 1. The molecule has 6 nitrogen and oxygen atoms in total. The Kier molecular flexibility index (Phi) is 5.27. The first-order valence-corrected chi connectivity index (χ1v) is 8.33. The number of aliphatic hydroxyl groups is 1. The molecule has 0 saturated carbocycles. The zero-order valence-electron chi connectivity index (χ0n) is 13.6. The van der Waals surface area contributed by atoms with Crippen LogP contribution in [0.2, 0.25) is 0 Å². The lowest BCUT2D eigenvalue weighted by molar-refractivity contribution is -0.156. The van der Waals surface area contributed by atoms with Crippen LogP contribution in [0.4, 0.5) is 0 Å². The topological polar surface area (TPSA) is 78.6 Å². The zero-order chi connectivity index (χ0) is 16.8. The molecule has 1 fully saturated rings. The smallest absolute Gasteiger partial charge is 0.255 e. The van der Waals surface area contributed by atoms with E-state index in [1.54, 1.807) is 17.2 Å². The Morgan fingerprint density at radius 1 is 1.29 bits per heavy atom. The molecular formula is C18H23N3O3. The predicted octanol–water partition coefficient (Wildman–Crippen LogP) is 1.36. The van der Waals surface area contributed by atoms with E-state index in [-0.39, 0.29) is 12.5 Å². The van der Waals surface area contributed by atoms with E-state index < -0.39 is 5.60 Å². The van der Waals surface area contributed by atoms with Gasteiger partial charge in [0.15, 0.2) is 5.60 Å². The van der Waals surface area contributed by atoms with E-state index >= 15 is 0 Å². The second-order valence-electron chi connectivity index (χ2n) is 6.25. The van der Waals surface area contributed by atoms with Gasteiger partial charge in [0.2, 0.25) is 0 Å². The van der Waals surface area contributed by atoms with Gasteiger partial charge in [0.05, 0.1) is 12.7 Å². The molecule has 6 heteroatoms. The van der Waals surface area contributed by atoms with Crippen LogP contribution < -0.4 is 5.32 Å². The van der Waals surface area contributed by atoms with E-state index in [1.165, 1.54) is 5.56 Å². The van der Waals surface area contributed by atoms with Gasteiger partial charge in [-0.2, -0.15) is 0 Å². The summed E-state index contributed by atoms with van der Waals surface area (Å²) < 4.78 is 5.00. The molecule has 3 rings (SSSR count). The van der Waals surface area contributed by atoms with Crippen molar-refractivity contribution >= 4 is 5.91 Å². The third-order valence-corrected chi connectivity index (χ3v) is 4.42. The van der Waals surface area contributed by atoms with Crippen molar-refractivity contribution in [2.24, 2.45) is 0 Å². The summed E-state index contributed by atoms with van der Waals surface area (Å²) in [7, 11) is 0. The first-order valence-electron chi connectivity index (χ1n) is 8.33. The van der Waals surface area contributed by atoms with Crippen LogP contribution in [0.5, 0.6) is 0 Å². The van der Waals surface area contributed by atoms with Crippen molar-refractivity contribution in [2.75, 3.05) is 19.6 Å². The molecule has 0 aliphatic carbocycles. The molecule has 2 heterocycles. The second-order valence-corrected chi connectivity index (χ2v) is 6.25. The average Bonchev–Trinajstić information content (AvgIpc) is 3.11. The number of rotatable bonds is 7. The average molecular weight is 329 g/mol. The Bertz CT molecular complexity index is 645. The highest BCUT2D eigenvalue weighted by atomic mass is 16.5. The standard InChI is InChI=1S/C18H23N3O3/c22-17-18(23,14-19-13-16-7-10-20-24-16)9-4-11-21(17)12-8-15-5-2-1-3-6-15/h1-3,5-7,10,19,23H,4,8-9,11-14H2/t18-/m1/s1. The number of nitrogens with zero attached hydrogens (tertiary/aromatic N) is 2. The monoisotopic (exact) mass is 329 g/mol. The maximum atomic E-state index is 12.7. The number of aromatic nitrogens is 1. The minimum atomic E-state index is -1.34. The van der Waals surface area contributed by atoms with E-state index in [4.69, 9.17) is 4.52 Å². The maximum Gasteiger partial charge on any atom is 0.255 e. The van der Waals surface area contributed by atoms with Crippen LogP contribution in [-0.4, -0.2) is 46.3 Å². The molecule has 0 radical (unpaired) electrons. The summed E-state index contributed by atoms with van der Waals surface area (Å²) in [4.78, 5) is 14.4. The fourth-order valence-corrected chi connectivity index (χ4v) is 3.08. The van der Waals surface area contributed by atoms with Gasteiger partial charge in [-0.1, -0.05) is 35.5 Å². The molecule has 2 N–H and O–H groups in total. The van der Waals surface area contributed by atoms with Crippen molar-refractivity contribution in [3.63, 3.8) is 0 Å². The summed E-state index contributed by atoms with van der Waals surface area (Å²) in [6, 6.07) is 11.8. The van der Waals surface area contributed by atoms with Gasteiger partial charge >= 0.3 is 0 Å². The summed E-state index contributed by atoms with van der Waals surface area (Å²) in [5.41, 5.74) is -0.141. The van der Waals surface area contributed by atoms with Gasteiger partial charge in [-0.15, -0.1) is 0 Å². The molecule has 1 aromatic carbocycles. The highest BCUT2D eigenvalue weighted by Gasteiger charge is 2.41. The third kappa shape index (κ3) is 4.01. The summed E-state index contributed by atoms with van der Waals surface area (Å²) in [6.45, 7) is 2.00. The first-order chi connectivity index (χ1) is 11.7. The molecule has 0 unspecified atom stereocenters. The summed E-state index contributed by atoms with van der Waals surface area (Å²) in [5.74, 6) is 0.498. The van der Waals surface area contributed by atoms with Crippen LogP contribution in [0.1, 0.15) is 24.2 Å². The summed E-state index contributed by atoms with van der Waals surface area (Å²) in [5, 5.41) is 17.5. The van der Waals surface area contributed by atoms with Crippen molar-refractivity contribution in [3.05, 3.63) is 53.9 Å². The molecule has 128 valence electrons. The molecule has 24 heavy (non-hydrogen) atoms. The van der Waals surface area contributed by atoms with Crippen molar-refractivity contribution < 1.29 is 14.4 Å². The van der Waals surface area contributed by atoms with Crippen LogP contribution in [0.25, 0.3) is 0 Å². The largest absolute Gasteiger partial charge is 0.379 e. The summed E-state index contributed by atoms with van der Waals surface area (Å²) >= 11 is 0. The first kappa shape index (κ1) is 16.7. The van der Waals surface area contributed by atoms with Crippen LogP contribution in [0.15, 0.2) is 47.1 Å². The maximum absolute atomic E-state index is 12.7. The molecule has 2 aromatic rings. The van der Waals surface area contributed by atoms with Crippen LogP contribution in [0.3, 0.4) is 0 Å². The van der Waals surface area contributed by atoms with Crippen molar-refractivity contribution in [1.29, 1.82) is 0 Å². The Morgan fingerprint density at radius 2 is 2.12 bits per heavy atom. The molecule has 1 aromatic heterocycles. The lowest BCUT2D eigenvalue weighted by atomic mass is 9.91. The number of nitrogens with one attached hydrogen (secondary N) is 1. The van der Waals surface area contributed by atoms with Gasteiger partial charge in [-0.05, 0) is 24.8 Å². The van der Waals surface area contributed by atoms with E-state index in [0.29, 0.717) is 31.8 Å². The number of carbonyl (C=O) groups is 1. The molecule has 1 atom stereocenters. The van der Waals surface area contributed by atoms with E-state index in [0.717, 1.165) is 12.8 Å². The SMILES string of the molecule is O=C1N(CCc2ccccc2)CCC[C@@]1(O)CNCc1ccno1. The Labute approximate surface area is 141 Å². The number of hydrogen-bond acceptors (Lipinski definition) is 5. The number of amides is 1. The number of likely N-dealkylation sites (tertiary alicyclic amines) is 1. The van der Waals surface area contributed by atoms with Crippen molar-refractivity contribution in [3.8, 4) is 0 Å². The quantitative estimate of drug-likeness (QED) is 0.802. The van der Waals surface area contributed by atoms with Gasteiger partial charge in [-0.3, -0.25) is 4.79 Å². The zero-order valence-corrected chi connectivity index (χ0v) is 13.6. The highest BCUT2D eigenvalue weighted by Crippen LogP contribution is 2.22. The molecule has 1 aliphatic rings. The molecular weight excluding hydrogens is 306 g/mol. The minimum Gasteiger partial charge on any atom is -0.379 e. The van der Waals surface area contributed by atoms with Crippen LogP contribution in [-0.2, 0) is 17.8 Å². The Morgan fingerprint density at radius 3 is 2.88 bits per heavy atom. The fraction of sp³-hybridized carbons (Fsp3) is 0.444. The van der Waals surface area contributed by atoms with Crippen molar-refractivity contribution in [2.45, 2.75) is 31.4 Å². The molecule has 1 saturated heterocycles. The van der Waals surface area contributed by atoms with Crippen LogP contribution >= 0.6 is 0 Å². The van der Waals surface area contributed by atoms with E-state index in [9.17, 15) is 9.90 Å². The Hall–Kier alpha value is -2.18. The molecule has 0 bridgehead atoms. The molecule has 1 amide bonds. The number of benzene rings is 1. The lowest BCUT2D eigenvalue weighted by Crippen LogP contribution is -2.58. The van der Waals surface area contributed by atoms with Gasteiger partial charge in [0.1, 0.15) is 5.76 Å². The fourth-order valence-electron chi connectivity index (χ4n) is 3.08. The molecule has 0 spiro atoms.